The zero-order valence-electron chi connectivity index (χ0n) is 13.5. The molecule has 0 aromatic heterocycles. The van der Waals surface area contributed by atoms with Gasteiger partial charge in [0, 0.05) is 11.7 Å². The van der Waals surface area contributed by atoms with E-state index < -0.39 is 10.2 Å². The van der Waals surface area contributed by atoms with E-state index in [9.17, 15) is 8.42 Å². The smallest absolute Gasteiger partial charge is 0.299 e. The second kappa shape index (κ2) is 7.94. The number of nitrogens with zero attached hydrogens (tertiary/aromatic N) is 1. The summed E-state index contributed by atoms with van der Waals surface area (Å²) in [5, 5.41) is 0. The van der Waals surface area contributed by atoms with Crippen molar-refractivity contribution in [2.24, 2.45) is 0 Å². The summed E-state index contributed by atoms with van der Waals surface area (Å²) in [6.45, 7) is 7.23. The van der Waals surface area contributed by atoms with E-state index in [1.807, 2.05) is 24.3 Å². The van der Waals surface area contributed by atoms with E-state index >= 15 is 0 Å². The Morgan fingerprint density at radius 3 is 2.36 bits per heavy atom. The summed E-state index contributed by atoms with van der Waals surface area (Å²) < 4.78 is 28.6. The van der Waals surface area contributed by atoms with E-state index in [0.717, 1.165) is 19.4 Å². The maximum absolute atomic E-state index is 11.8. The van der Waals surface area contributed by atoms with Crippen LogP contribution in [0, 0.1) is 0 Å². The summed E-state index contributed by atoms with van der Waals surface area (Å²) in [5.41, 5.74) is 1.84. The number of nitrogens with one attached hydrogen (secondary N) is 2. The minimum absolute atomic E-state index is 0.123. The van der Waals surface area contributed by atoms with E-state index in [4.69, 9.17) is 0 Å². The monoisotopic (exact) mass is 325 g/mol. The van der Waals surface area contributed by atoms with Crippen molar-refractivity contribution in [3.8, 4) is 0 Å². The van der Waals surface area contributed by atoms with Gasteiger partial charge in [-0.15, -0.1) is 0 Å². The minimum atomic E-state index is -3.48. The van der Waals surface area contributed by atoms with Crippen LogP contribution in [0.15, 0.2) is 24.3 Å². The fraction of sp³-hybridized carbons (Fsp3) is 0.625. The lowest BCUT2D eigenvalue weighted by Crippen LogP contribution is -2.35. The molecule has 1 saturated heterocycles. The molecule has 0 atom stereocenters. The zero-order chi connectivity index (χ0) is 16.0. The summed E-state index contributed by atoms with van der Waals surface area (Å²) >= 11 is 0. The van der Waals surface area contributed by atoms with Crippen LogP contribution in [0.2, 0.25) is 0 Å². The van der Waals surface area contributed by atoms with Gasteiger partial charge in [0.25, 0.3) is 10.2 Å². The van der Waals surface area contributed by atoms with Crippen molar-refractivity contribution >= 4 is 15.9 Å². The fourth-order valence-corrected chi connectivity index (χ4v) is 3.87. The molecule has 0 aliphatic carbocycles. The Labute approximate surface area is 134 Å². The maximum atomic E-state index is 11.8. The van der Waals surface area contributed by atoms with E-state index in [2.05, 4.69) is 14.3 Å². The van der Waals surface area contributed by atoms with Crippen LogP contribution in [0.3, 0.4) is 0 Å². The molecule has 5 nitrogen and oxygen atoms in total. The molecule has 1 aliphatic heterocycles. The zero-order valence-corrected chi connectivity index (χ0v) is 14.3. The first-order valence-electron chi connectivity index (χ1n) is 8.06. The number of likely N-dealkylation sites (tertiary alicyclic amines) is 1. The Hall–Kier alpha value is -1.11. The fourth-order valence-electron chi connectivity index (χ4n) is 2.75. The molecule has 0 bridgehead atoms. The largest absolute Gasteiger partial charge is 0.303 e. The van der Waals surface area contributed by atoms with Crippen molar-refractivity contribution in [3.63, 3.8) is 0 Å². The molecule has 2 N–H and O–H groups in total. The van der Waals surface area contributed by atoms with Gasteiger partial charge < -0.3 is 4.90 Å². The van der Waals surface area contributed by atoms with Gasteiger partial charge in [-0.2, -0.15) is 13.1 Å². The van der Waals surface area contributed by atoms with Gasteiger partial charge in [0.1, 0.15) is 0 Å². The topological polar surface area (TPSA) is 61.4 Å². The van der Waals surface area contributed by atoms with Crippen LogP contribution in [0.1, 0.15) is 38.7 Å². The molecule has 6 heteroatoms. The summed E-state index contributed by atoms with van der Waals surface area (Å²) in [4.78, 5) is 2.51. The Balaban J connectivity index is 1.79. The third-order valence-electron chi connectivity index (χ3n) is 3.74. The van der Waals surface area contributed by atoms with Gasteiger partial charge in [0.05, 0.1) is 0 Å². The highest BCUT2D eigenvalue weighted by Gasteiger charge is 2.12. The summed E-state index contributed by atoms with van der Waals surface area (Å²) in [6.07, 6.45) is 4.85. The van der Waals surface area contributed by atoms with Gasteiger partial charge in [-0.3, -0.25) is 4.72 Å². The molecule has 0 saturated carbocycles. The third-order valence-corrected chi connectivity index (χ3v) is 5.02. The third kappa shape index (κ3) is 5.94. The first kappa shape index (κ1) is 17.2. The Morgan fingerprint density at radius 2 is 1.77 bits per heavy atom. The van der Waals surface area contributed by atoms with Crippen molar-refractivity contribution < 1.29 is 8.42 Å². The van der Waals surface area contributed by atoms with E-state index in [-0.39, 0.29) is 6.04 Å². The lowest BCUT2D eigenvalue weighted by molar-refractivity contribution is 0.334. The van der Waals surface area contributed by atoms with Crippen LogP contribution in [0.25, 0.3) is 0 Å². The first-order valence-corrected chi connectivity index (χ1v) is 9.54. The molecule has 1 aromatic carbocycles. The SMILES string of the molecule is CC(C)NS(=O)(=O)Nc1ccc(CCCN2CCCC2)cc1. The highest BCUT2D eigenvalue weighted by Crippen LogP contribution is 2.14. The minimum Gasteiger partial charge on any atom is -0.303 e. The summed E-state index contributed by atoms with van der Waals surface area (Å²) in [6, 6.07) is 7.52. The molecule has 1 aromatic rings. The van der Waals surface area contributed by atoms with Crippen LogP contribution in [0.4, 0.5) is 5.69 Å². The number of aryl methyl sites for hydroxylation is 1. The molecule has 22 heavy (non-hydrogen) atoms. The molecular weight excluding hydrogens is 298 g/mol. The Morgan fingerprint density at radius 1 is 1.14 bits per heavy atom. The van der Waals surface area contributed by atoms with E-state index in [1.165, 1.54) is 31.5 Å². The average molecular weight is 325 g/mol. The van der Waals surface area contributed by atoms with Crippen molar-refractivity contribution in [2.75, 3.05) is 24.4 Å². The molecule has 124 valence electrons. The first-order chi connectivity index (χ1) is 10.4. The van der Waals surface area contributed by atoms with Crippen molar-refractivity contribution in [1.82, 2.24) is 9.62 Å². The Bertz CT molecular complexity index is 549. The molecular formula is C16H27N3O2S. The van der Waals surface area contributed by atoms with Crippen LogP contribution in [0.5, 0.6) is 0 Å². The number of anilines is 1. The van der Waals surface area contributed by atoms with Gasteiger partial charge in [0.15, 0.2) is 0 Å². The van der Waals surface area contributed by atoms with Gasteiger partial charge in [-0.05, 0) is 76.9 Å². The molecule has 0 radical (unpaired) electrons. The van der Waals surface area contributed by atoms with Crippen molar-refractivity contribution in [1.29, 1.82) is 0 Å². The highest BCUT2D eigenvalue weighted by molar-refractivity contribution is 7.90. The van der Waals surface area contributed by atoms with Crippen molar-refractivity contribution in [2.45, 2.75) is 45.6 Å². The molecule has 1 fully saturated rings. The molecule has 0 amide bonds. The molecule has 0 unspecified atom stereocenters. The molecule has 0 spiro atoms. The maximum Gasteiger partial charge on any atom is 0.299 e. The molecule has 2 rings (SSSR count). The number of hydrogen-bond acceptors (Lipinski definition) is 3. The lowest BCUT2D eigenvalue weighted by atomic mass is 10.1. The number of benzene rings is 1. The van der Waals surface area contributed by atoms with E-state index in [0.29, 0.717) is 5.69 Å². The van der Waals surface area contributed by atoms with Gasteiger partial charge >= 0.3 is 0 Å². The highest BCUT2D eigenvalue weighted by atomic mass is 32.2. The normalized spacial score (nSPS) is 16.3. The number of rotatable bonds is 8. The van der Waals surface area contributed by atoms with Crippen LogP contribution < -0.4 is 9.44 Å². The Kier molecular flexibility index (Phi) is 6.23. The van der Waals surface area contributed by atoms with Gasteiger partial charge in [0.2, 0.25) is 0 Å². The van der Waals surface area contributed by atoms with Crippen LogP contribution in [-0.4, -0.2) is 39.0 Å². The molecule has 1 aliphatic rings. The van der Waals surface area contributed by atoms with Crippen LogP contribution >= 0.6 is 0 Å². The predicted octanol–water partition coefficient (Wildman–Crippen LogP) is 2.37. The standard InChI is InChI=1S/C16H27N3O2S/c1-14(2)17-22(20,21)18-16-9-7-15(8-10-16)6-5-13-19-11-3-4-12-19/h7-10,14,17-18H,3-6,11-13H2,1-2H3. The quantitative estimate of drug-likeness (QED) is 0.771. The summed E-state index contributed by atoms with van der Waals surface area (Å²) in [7, 11) is -3.48. The number of hydrogen-bond donors (Lipinski definition) is 2. The second-order valence-corrected chi connectivity index (χ2v) is 7.67. The van der Waals surface area contributed by atoms with Crippen molar-refractivity contribution in [3.05, 3.63) is 29.8 Å². The predicted molar refractivity (Wildman–Crippen MR) is 91.3 cm³/mol. The van der Waals surface area contributed by atoms with E-state index in [1.54, 1.807) is 13.8 Å². The average Bonchev–Trinajstić information content (AvgIpc) is 2.92. The molecule has 1 heterocycles. The summed E-state index contributed by atoms with van der Waals surface area (Å²) in [5.74, 6) is 0. The van der Waals surface area contributed by atoms with Gasteiger partial charge in [-0.1, -0.05) is 12.1 Å². The van der Waals surface area contributed by atoms with Gasteiger partial charge in [-0.25, -0.2) is 0 Å². The second-order valence-electron chi connectivity index (χ2n) is 6.23. The van der Waals surface area contributed by atoms with Crippen LogP contribution in [-0.2, 0) is 16.6 Å². The lowest BCUT2D eigenvalue weighted by Gasteiger charge is -2.14.